The van der Waals surface area contributed by atoms with E-state index in [1.54, 1.807) is 0 Å². The molecule has 1 heterocycles. The highest BCUT2D eigenvalue weighted by Gasteiger charge is 2.27. The quantitative estimate of drug-likeness (QED) is 0.562. The summed E-state index contributed by atoms with van der Waals surface area (Å²) in [4.78, 5) is 28.2. The monoisotopic (exact) mass is 475 g/mol. The fraction of sp³-hybridized carbons (Fsp3) is 0.278. The van der Waals surface area contributed by atoms with Crippen LogP contribution >= 0.6 is 23.2 Å². The number of esters is 1. The Morgan fingerprint density at radius 2 is 1.77 bits per heavy atom. The number of nitrogens with one attached hydrogen (secondary N) is 2. The average Bonchev–Trinajstić information content (AvgIpc) is 2.69. The Labute approximate surface area is 183 Å². The number of sulfonamides is 1. The predicted molar refractivity (Wildman–Crippen MR) is 111 cm³/mol. The minimum absolute atomic E-state index is 0.0437. The van der Waals surface area contributed by atoms with Crippen LogP contribution in [-0.4, -0.2) is 44.5 Å². The van der Waals surface area contributed by atoms with Gasteiger partial charge in [-0.05, 0) is 44.2 Å². The fourth-order valence-corrected chi connectivity index (χ4v) is 3.78. The van der Waals surface area contributed by atoms with Gasteiger partial charge in [0.1, 0.15) is 11.8 Å². The number of rotatable bonds is 8. The number of hydrogen-bond donors (Lipinski definition) is 2. The van der Waals surface area contributed by atoms with E-state index >= 15 is 0 Å². The van der Waals surface area contributed by atoms with E-state index in [-0.39, 0.29) is 20.8 Å². The Kier molecular flexibility index (Phi) is 8.02. The molecule has 0 saturated heterocycles. The molecule has 9 nitrogen and oxygen atoms in total. The standard InChI is InChI=1S/C18H19Cl2N3O6S/c1-10(23-30(26,27)14-6-4-13(28-3)5-7-14)18(25)29-11(2)17(24)22-16-15(20)8-12(19)9-21-16/h4-11,23H,1-3H3,(H,21,22,24)/t10-,11-/m0/s1. The van der Waals surface area contributed by atoms with Gasteiger partial charge in [0, 0.05) is 6.20 Å². The molecule has 0 aliphatic heterocycles. The van der Waals surface area contributed by atoms with Gasteiger partial charge in [0.2, 0.25) is 10.0 Å². The van der Waals surface area contributed by atoms with Crippen LogP contribution in [0.15, 0.2) is 41.4 Å². The minimum atomic E-state index is -3.99. The number of aromatic nitrogens is 1. The van der Waals surface area contributed by atoms with Crippen LogP contribution in [0.5, 0.6) is 5.75 Å². The zero-order chi connectivity index (χ0) is 22.5. The maximum absolute atomic E-state index is 12.4. The second kappa shape index (κ2) is 10.1. The lowest BCUT2D eigenvalue weighted by Crippen LogP contribution is -2.42. The Morgan fingerprint density at radius 1 is 1.13 bits per heavy atom. The Morgan fingerprint density at radius 3 is 2.33 bits per heavy atom. The number of benzene rings is 1. The van der Waals surface area contributed by atoms with Crippen LogP contribution in [0.25, 0.3) is 0 Å². The number of methoxy groups -OCH3 is 1. The third-order valence-corrected chi connectivity index (χ3v) is 5.82. The van der Waals surface area contributed by atoms with Gasteiger partial charge >= 0.3 is 5.97 Å². The highest BCUT2D eigenvalue weighted by molar-refractivity contribution is 7.89. The smallest absolute Gasteiger partial charge is 0.324 e. The first-order chi connectivity index (χ1) is 14.0. The number of halogens is 2. The van der Waals surface area contributed by atoms with Gasteiger partial charge in [-0.2, -0.15) is 4.72 Å². The van der Waals surface area contributed by atoms with E-state index in [0.717, 1.165) is 0 Å². The summed E-state index contributed by atoms with van der Waals surface area (Å²) >= 11 is 11.7. The highest BCUT2D eigenvalue weighted by Crippen LogP contribution is 2.22. The van der Waals surface area contributed by atoms with Crippen molar-refractivity contribution in [2.24, 2.45) is 0 Å². The predicted octanol–water partition coefficient (Wildman–Crippen LogP) is 2.63. The molecule has 2 N–H and O–H groups in total. The lowest BCUT2D eigenvalue weighted by Gasteiger charge is -2.18. The molecular formula is C18H19Cl2N3O6S. The first-order valence-electron chi connectivity index (χ1n) is 8.52. The van der Waals surface area contributed by atoms with Gasteiger partial charge in [0.05, 0.1) is 22.1 Å². The highest BCUT2D eigenvalue weighted by atomic mass is 35.5. The number of ether oxygens (including phenoxy) is 2. The topological polar surface area (TPSA) is 124 Å². The van der Waals surface area contributed by atoms with Crippen molar-refractivity contribution >= 4 is 50.9 Å². The van der Waals surface area contributed by atoms with Crippen molar-refractivity contribution < 1.29 is 27.5 Å². The van der Waals surface area contributed by atoms with Gasteiger partial charge in [-0.1, -0.05) is 23.2 Å². The van der Waals surface area contributed by atoms with Gasteiger partial charge in [0.25, 0.3) is 5.91 Å². The van der Waals surface area contributed by atoms with E-state index in [9.17, 15) is 18.0 Å². The summed E-state index contributed by atoms with van der Waals surface area (Å²) in [5.74, 6) is -1.12. The molecule has 2 atom stereocenters. The van der Waals surface area contributed by atoms with Gasteiger partial charge in [0.15, 0.2) is 11.9 Å². The molecule has 162 valence electrons. The maximum atomic E-state index is 12.4. The first kappa shape index (κ1) is 23.9. The Bertz CT molecular complexity index is 1030. The van der Waals surface area contributed by atoms with Crippen molar-refractivity contribution in [3.05, 3.63) is 46.6 Å². The van der Waals surface area contributed by atoms with Crippen LogP contribution in [0.4, 0.5) is 5.82 Å². The molecule has 0 fully saturated rings. The van der Waals surface area contributed by atoms with Crippen LogP contribution in [0.3, 0.4) is 0 Å². The molecule has 1 amide bonds. The Hall–Kier alpha value is -2.40. The van der Waals surface area contributed by atoms with Crippen molar-refractivity contribution in [2.45, 2.75) is 30.9 Å². The van der Waals surface area contributed by atoms with Crippen molar-refractivity contribution in [1.29, 1.82) is 0 Å². The Balaban J connectivity index is 1.97. The summed E-state index contributed by atoms with van der Waals surface area (Å²) in [6.45, 7) is 2.62. The zero-order valence-corrected chi connectivity index (χ0v) is 18.5. The molecule has 30 heavy (non-hydrogen) atoms. The second-order valence-electron chi connectivity index (χ2n) is 6.07. The molecule has 12 heteroatoms. The summed E-state index contributed by atoms with van der Waals surface area (Å²) in [5.41, 5.74) is 0. The zero-order valence-electron chi connectivity index (χ0n) is 16.2. The molecule has 0 bridgehead atoms. The SMILES string of the molecule is COc1ccc(S(=O)(=O)N[C@@H](C)C(=O)O[C@@H](C)C(=O)Nc2ncc(Cl)cc2Cl)cc1. The lowest BCUT2D eigenvalue weighted by atomic mass is 10.3. The molecule has 0 unspecified atom stereocenters. The molecule has 0 radical (unpaired) electrons. The summed E-state index contributed by atoms with van der Waals surface area (Å²) in [6.07, 6.45) is 0.0504. The van der Waals surface area contributed by atoms with E-state index in [2.05, 4.69) is 15.0 Å². The van der Waals surface area contributed by atoms with Crippen molar-refractivity contribution in [3.8, 4) is 5.75 Å². The number of anilines is 1. The summed E-state index contributed by atoms with van der Waals surface area (Å²) in [6, 6.07) is 5.75. The summed E-state index contributed by atoms with van der Waals surface area (Å²) in [5, 5.41) is 2.79. The molecule has 0 aliphatic carbocycles. The molecule has 0 spiro atoms. The van der Waals surface area contributed by atoms with Crippen LogP contribution in [0, 0.1) is 0 Å². The summed E-state index contributed by atoms with van der Waals surface area (Å²) < 4.78 is 37.0. The number of carbonyl (C=O) groups excluding carboxylic acids is 2. The number of hydrogen-bond acceptors (Lipinski definition) is 7. The van der Waals surface area contributed by atoms with Crippen molar-refractivity contribution in [1.82, 2.24) is 9.71 Å². The second-order valence-corrected chi connectivity index (χ2v) is 8.63. The molecule has 0 aliphatic rings. The third kappa shape index (κ3) is 6.30. The molecule has 2 rings (SSSR count). The number of carbonyl (C=O) groups is 2. The van der Waals surface area contributed by atoms with E-state index in [1.807, 2.05) is 0 Å². The molecule has 0 saturated carbocycles. The number of amides is 1. The third-order valence-electron chi connectivity index (χ3n) is 3.77. The van der Waals surface area contributed by atoms with Gasteiger partial charge in [-0.15, -0.1) is 0 Å². The summed E-state index contributed by atoms with van der Waals surface area (Å²) in [7, 11) is -2.54. The van der Waals surface area contributed by atoms with E-state index < -0.39 is 34.0 Å². The first-order valence-corrected chi connectivity index (χ1v) is 10.8. The van der Waals surface area contributed by atoms with E-state index in [4.69, 9.17) is 32.7 Å². The fourth-order valence-electron chi connectivity index (χ4n) is 2.16. The van der Waals surface area contributed by atoms with E-state index in [1.165, 1.54) is 57.5 Å². The van der Waals surface area contributed by atoms with Crippen LogP contribution < -0.4 is 14.8 Å². The van der Waals surface area contributed by atoms with Gasteiger partial charge < -0.3 is 14.8 Å². The van der Waals surface area contributed by atoms with Crippen LogP contribution in [0.2, 0.25) is 10.0 Å². The van der Waals surface area contributed by atoms with Crippen molar-refractivity contribution in [2.75, 3.05) is 12.4 Å². The van der Waals surface area contributed by atoms with Gasteiger partial charge in [-0.25, -0.2) is 13.4 Å². The minimum Gasteiger partial charge on any atom is -0.497 e. The molecule has 1 aromatic heterocycles. The number of pyridine rings is 1. The lowest BCUT2D eigenvalue weighted by molar-refractivity contribution is -0.154. The van der Waals surface area contributed by atoms with Crippen LogP contribution in [-0.2, 0) is 24.3 Å². The van der Waals surface area contributed by atoms with E-state index in [0.29, 0.717) is 5.75 Å². The molecular weight excluding hydrogens is 457 g/mol. The van der Waals surface area contributed by atoms with Crippen molar-refractivity contribution in [3.63, 3.8) is 0 Å². The number of nitrogens with zero attached hydrogens (tertiary/aromatic N) is 1. The van der Waals surface area contributed by atoms with Crippen LogP contribution in [0.1, 0.15) is 13.8 Å². The largest absolute Gasteiger partial charge is 0.497 e. The normalized spacial score (nSPS) is 13.2. The maximum Gasteiger partial charge on any atom is 0.324 e. The van der Waals surface area contributed by atoms with Gasteiger partial charge in [-0.3, -0.25) is 9.59 Å². The average molecular weight is 476 g/mol. The molecule has 1 aromatic carbocycles. The molecule has 2 aromatic rings.